The second-order valence-electron chi connectivity index (χ2n) is 12.7. The monoisotopic (exact) mass is 626 g/mol. The molecular weight excluding hydrogens is 597 g/mol. The van der Waals surface area contributed by atoms with Crippen molar-refractivity contribution in [2.24, 2.45) is 4.99 Å². The Hall–Kier alpha value is -6.52. The van der Waals surface area contributed by atoms with Gasteiger partial charge in [-0.2, -0.15) is 0 Å². The van der Waals surface area contributed by atoms with Gasteiger partial charge in [0.15, 0.2) is 5.82 Å². The van der Waals surface area contributed by atoms with Crippen LogP contribution in [0.5, 0.6) is 0 Å². The van der Waals surface area contributed by atoms with Crippen LogP contribution in [0.1, 0.15) is 11.1 Å². The molecule has 0 atom stereocenters. The van der Waals surface area contributed by atoms with Crippen LogP contribution >= 0.6 is 0 Å². The van der Waals surface area contributed by atoms with Gasteiger partial charge < -0.3 is 9.13 Å². The van der Waals surface area contributed by atoms with Gasteiger partial charge in [-0.25, -0.2) is 9.98 Å². The van der Waals surface area contributed by atoms with Gasteiger partial charge in [0, 0.05) is 50.9 Å². The third-order valence-electron chi connectivity index (χ3n) is 10.0. The van der Waals surface area contributed by atoms with Crippen LogP contribution in [-0.2, 0) is 0 Å². The van der Waals surface area contributed by atoms with E-state index in [0.717, 1.165) is 28.2 Å². The molecule has 230 valence electrons. The maximum absolute atomic E-state index is 4.58. The van der Waals surface area contributed by atoms with Crippen LogP contribution in [0.2, 0.25) is 0 Å². The van der Waals surface area contributed by atoms with Crippen molar-refractivity contribution in [1.29, 1.82) is 0 Å². The number of benzene rings is 6. The van der Waals surface area contributed by atoms with Crippen molar-refractivity contribution >= 4 is 61.7 Å². The molecule has 0 fully saturated rings. The van der Waals surface area contributed by atoms with E-state index in [2.05, 4.69) is 172 Å². The van der Waals surface area contributed by atoms with Gasteiger partial charge in [0.1, 0.15) is 0 Å². The molecule has 0 aliphatic carbocycles. The first kappa shape index (κ1) is 27.6. The van der Waals surface area contributed by atoms with E-state index < -0.39 is 0 Å². The number of para-hydroxylation sites is 3. The fraction of sp³-hybridized carbons (Fsp3) is 0.0222. The van der Waals surface area contributed by atoms with Crippen LogP contribution in [0.3, 0.4) is 0 Å². The van der Waals surface area contributed by atoms with Gasteiger partial charge in [0.25, 0.3) is 0 Å². The molecule has 0 radical (unpaired) electrons. The third-order valence-corrected chi connectivity index (χ3v) is 10.0. The summed E-state index contributed by atoms with van der Waals surface area (Å²) >= 11 is 0. The highest BCUT2D eigenvalue weighted by atomic mass is 15.0. The SMILES string of the molecule is Cc1c2ccnc1N=C/C=C/c1cc(-n3c4ccccc4c4cc(-c5ccc6c(c5)c5ccccc5n6-c5ccccc5)ccc43)ccc1-2. The smallest absolute Gasteiger partial charge is 0.155 e. The molecule has 9 aromatic rings. The summed E-state index contributed by atoms with van der Waals surface area (Å²) in [6.45, 7) is 2.10. The van der Waals surface area contributed by atoms with Crippen LogP contribution in [0.4, 0.5) is 5.82 Å². The summed E-state index contributed by atoms with van der Waals surface area (Å²) < 4.78 is 4.76. The highest BCUT2D eigenvalue weighted by Gasteiger charge is 2.18. The minimum Gasteiger partial charge on any atom is -0.309 e. The Labute approximate surface area is 283 Å². The van der Waals surface area contributed by atoms with E-state index in [9.17, 15) is 0 Å². The lowest BCUT2D eigenvalue weighted by molar-refractivity contribution is 1.18. The zero-order valence-corrected chi connectivity index (χ0v) is 26.9. The van der Waals surface area contributed by atoms with Gasteiger partial charge in [0.05, 0.1) is 22.1 Å². The lowest BCUT2D eigenvalue weighted by Crippen LogP contribution is -1.96. The van der Waals surface area contributed by atoms with Crippen molar-refractivity contribution in [2.75, 3.05) is 0 Å². The highest BCUT2D eigenvalue weighted by Crippen LogP contribution is 2.39. The Morgan fingerprint density at radius 1 is 0.490 bits per heavy atom. The second-order valence-corrected chi connectivity index (χ2v) is 12.7. The number of rotatable bonds is 3. The normalized spacial score (nSPS) is 13.1. The van der Waals surface area contributed by atoms with Gasteiger partial charge in [0.2, 0.25) is 0 Å². The quantitative estimate of drug-likeness (QED) is 0.192. The first-order valence-electron chi connectivity index (χ1n) is 16.7. The van der Waals surface area contributed by atoms with E-state index >= 15 is 0 Å². The molecule has 10 rings (SSSR count). The van der Waals surface area contributed by atoms with E-state index in [-0.39, 0.29) is 0 Å². The Morgan fingerprint density at radius 3 is 1.80 bits per heavy atom. The fourth-order valence-electron chi connectivity index (χ4n) is 7.72. The lowest BCUT2D eigenvalue weighted by Gasteiger charge is -2.14. The van der Waals surface area contributed by atoms with Gasteiger partial charge in [-0.1, -0.05) is 78.9 Å². The molecule has 49 heavy (non-hydrogen) atoms. The highest BCUT2D eigenvalue weighted by molar-refractivity contribution is 6.12. The van der Waals surface area contributed by atoms with E-state index in [4.69, 9.17) is 0 Å². The largest absolute Gasteiger partial charge is 0.309 e. The number of hydrogen-bond donors (Lipinski definition) is 0. The van der Waals surface area contributed by atoms with Gasteiger partial charge >= 0.3 is 0 Å². The van der Waals surface area contributed by atoms with Crippen LogP contribution < -0.4 is 0 Å². The molecule has 4 nitrogen and oxygen atoms in total. The Morgan fingerprint density at radius 2 is 1.10 bits per heavy atom. The Bertz CT molecular complexity index is 2830. The second kappa shape index (κ2) is 10.8. The summed E-state index contributed by atoms with van der Waals surface area (Å²) in [7, 11) is 0. The summed E-state index contributed by atoms with van der Waals surface area (Å²) in [5, 5.41) is 4.99. The average molecular weight is 627 g/mol. The van der Waals surface area contributed by atoms with Crippen molar-refractivity contribution in [2.45, 2.75) is 6.92 Å². The number of hydrogen-bond acceptors (Lipinski definition) is 2. The zero-order chi connectivity index (χ0) is 32.5. The number of allylic oxidation sites excluding steroid dienone is 1. The molecule has 0 N–H and O–H groups in total. The molecule has 6 aromatic carbocycles. The summed E-state index contributed by atoms with van der Waals surface area (Å²) in [5.74, 6) is 0.762. The van der Waals surface area contributed by atoms with E-state index in [1.807, 2.05) is 18.5 Å². The summed E-state index contributed by atoms with van der Waals surface area (Å²) in [5.41, 5.74) is 14.1. The minimum atomic E-state index is 0.762. The molecule has 4 heterocycles. The number of fused-ring (bicyclic) bond motifs is 10. The molecule has 0 amide bonds. The van der Waals surface area contributed by atoms with E-state index in [0.29, 0.717) is 0 Å². The maximum atomic E-state index is 4.58. The average Bonchev–Trinajstić information content (AvgIpc) is 3.67. The van der Waals surface area contributed by atoms with Crippen molar-refractivity contribution in [3.8, 4) is 33.6 Å². The zero-order valence-electron chi connectivity index (χ0n) is 26.9. The van der Waals surface area contributed by atoms with Crippen molar-refractivity contribution in [3.05, 3.63) is 163 Å². The molecule has 3 aromatic heterocycles. The molecule has 0 spiro atoms. The summed E-state index contributed by atoms with van der Waals surface area (Å²) in [6, 6.07) is 50.7. The van der Waals surface area contributed by atoms with Crippen molar-refractivity contribution in [1.82, 2.24) is 14.1 Å². The van der Waals surface area contributed by atoms with E-state index in [1.165, 1.54) is 66.0 Å². The topological polar surface area (TPSA) is 35.1 Å². The molecule has 1 aliphatic heterocycles. The number of aliphatic imine (C=N–C) groups is 1. The minimum absolute atomic E-state index is 0.762. The number of aromatic nitrogens is 3. The van der Waals surface area contributed by atoms with Crippen molar-refractivity contribution < 1.29 is 0 Å². The fourth-order valence-corrected chi connectivity index (χ4v) is 7.72. The molecule has 0 saturated heterocycles. The van der Waals surface area contributed by atoms with Gasteiger partial charge in [-0.15, -0.1) is 0 Å². The Balaban J connectivity index is 1.14. The Kier molecular flexibility index (Phi) is 6.06. The summed E-state index contributed by atoms with van der Waals surface area (Å²) in [4.78, 5) is 9.07. The van der Waals surface area contributed by atoms with E-state index in [1.54, 1.807) is 0 Å². The van der Waals surface area contributed by atoms with Crippen LogP contribution in [-0.4, -0.2) is 20.3 Å². The number of nitrogens with zero attached hydrogens (tertiary/aromatic N) is 4. The standard InChI is InChI=1S/C45H30N4/c1-29-35-23-25-47-45(29)46-24-9-10-32-26-34(19-20-36(32)35)49-42-16-8-6-14-38(42)40-28-31(18-22-44(40)49)30-17-21-43-39(27-30)37-13-5-7-15-41(37)48(43)33-11-3-2-4-12-33/h2-28H,1H3/b10-9+,46-24?. The molecule has 4 heteroatoms. The lowest BCUT2D eigenvalue weighted by atomic mass is 9.96. The van der Waals surface area contributed by atoms with Crippen LogP contribution in [0.15, 0.2) is 157 Å². The molecular formula is C45H30N4. The molecule has 0 saturated carbocycles. The van der Waals surface area contributed by atoms with Crippen LogP contribution in [0.25, 0.3) is 83.3 Å². The maximum Gasteiger partial charge on any atom is 0.155 e. The number of pyridine rings is 1. The molecule has 2 bridgehead atoms. The van der Waals surface area contributed by atoms with Crippen LogP contribution in [0, 0.1) is 6.92 Å². The predicted molar refractivity (Wildman–Crippen MR) is 206 cm³/mol. The predicted octanol–water partition coefficient (Wildman–Crippen LogP) is 11.6. The first-order chi connectivity index (χ1) is 24.2. The first-order valence-corrected chi connectivity index (χ1v) is 16.7. The third kappa shape index (κ3) is 4.24. The van der Waals surface area contributed by atoms with Gasteiger partial charge in [-0.3, -0.25) is 0 Å². The summed E-state index contributed by atoms with van der Waals surface area (Å²) in [6.07, 6.45) is 7.84. The molecule has 0 unspecified atom stereocenters. The van der Waals surface area contributed by atoms with Crippen molar-refractivity contribution in [3.63, 3.8) is 0 Å². The molecule has 1 aliphatic rings. The van der Waals surface area contributed by atoms with Gasteiger partial charge in [-0.05, 0) is 108 Å².